The van der Waals surface area contributed by atoms with E-state index >= 15 is 0 Å². The van der Waals surface area contributed by atoms with Crippen molar-refractivity contribution in [2.45, 2.75) is 44.6 Å². The number of amides is 3. The Morgan fingerprint density at radius 2 is 1.84 bits per heavy atom. The molecular formula is C19H23FN2O3. The second-order valence-corrected chi connectivity index (χ2v) is 7.12. The number of ketones is 1. The largest absolute Gasteiger partial charge is 0.327 e. The first-order valence-electron chi connectivity index (χ1n) is 8.75. The van der Waals surface area contributed by atoms with Crippen molar-refractivity contribution in [3.8, 4) is 0 Å². The lowest BCUT2D eigenvalue weighted by Gasteiger charge is -2.38. The van der Waals surface area contributed by atoms with Crippen molar-refractivity contribution < 1.29 is 18.8 Å². The van der Waals surface area contributed by atoms with Gasteiger partial charge in [0.2, 0.25) is 0 Å². The van der Waals surface area contributed by atoms with E-state index in [1.54, 1.807) is 20.0 Å². The van der Waals surface area contributed by atoms with Gasteiger partial charge in [-0.15, -0.1) is 0 Å². The number of likely N-dealkylation sites (N-methyl/N-ethyl adjacent to an activating group) is 1. The lowest BCUT2D eigenvalue weighted by molar-refractivity contribution is -0.135. The standard InChI is InChI=1S/C19H23FN2O3/c1-19(13-8-4-3-5-9-13)17(24)22(18(25)21(19)2)12-16(23)14-10-6-7-11-15(14)20/h6-7,10-11,13H,3-5,8-9,12H2,1-2H3. The van der Waals surface area contributed by atoms with E-state index in [9.17, 15) is 18.8 Å². The van der Waals surface area contributed by atoms with E-state index in [0.717, 1.165) is 37.0 Å². The first-order valence-corrected chi connectivity index (χ1v) is 8.75. The Morgan fingerprint density at radius 3 is 2.48 bits per heavy atom. The van der Waals surface area contributed by atoms with E-state index in [4.69, 9.17) is 0 Å². The van der Waals surface area contributed by atoms with Crippen molar-refractivity contribution in [1.82, 2.24) is 9.80 Å². The van der Waals surface area contributed by atoms with E-state index < -0.39 is 29.7 Å². The highest BCUT2D eigenvalue weighted by molar-refractivity contribution is 6.11. The van der Waals surface area contributed by atoms with Crippen LogP contribution >= 0.6 is 0 Å². The summed E-state index contributed by atoms with van der Waals surface area (Å²) >= 11 is 0. The van der Waals surface area contributed by atoms with Crippen LogP contribution in [-0.4, -0.2) is 46.7 Å². The quantitative estimate of drug-likeness (QED) is 0.621. The summed E-state index contributed by atoms with van der Waals surface area (Å²) in [6.45, 7) is 1.36. The molecule has 1 aromatic carbocycles. The maximum atomic E-state index is 13.8. The average Bonchev–Trinajstić information content (AvgIpc) is 2.79. The molecule has 0 spiro atoms. The zero-order valence-electron chi connectivity index (χ0n) is 14.6. The highest BCUT2D eigenvalue weighted by Crippen LogP contribution is 2.40. The number of carbonyl (C=O) groups is 3. The Hall–Kier alpha value is -2.24. The van der Waals surface area contributed by atoms with Crippen LogP contribution in [0.15, 0.2) is 24.3 Å². The third-order valence-corrected chi connectivity index (χ3v) is 5.77. The Balaban J connectivity index is 1.83. The summed E-state index contributed by atoms with van der Waals surface area (Å²) in [7, 11) is 1.61. The van der Waals surface area contributed by atoms with Crippen LogP contribution in [0, 0.1) is 11.7 Å². The van der Waals surface area contributed by atoms with Gasteiger partial charge in [-0.05, 0) is 37.8 Å². The molecule has 2 aliphatic rings. The summed E-state index contributed by atoms with van der Waals surface area (Å²) in [6, 6.07) is 5.13. The predicted octanol–water partition coefficient (Wildman–Crippen LogP) is 3.24. The zero-order chi connectivity index (χ0) is 18.2. The summed E-state index contributed by atoms with van der Waals surface area (Å²) in [4.78, 5) is 40.5. The van der Waals surface area contributed by atoms with Crippen LogP contribution in [0.2, 0.25) is 0 Å². The molecule has 25 heavy (non-hydrogen) atoms. The molecule has 1 saturated heterocycles. The molecule has 2 fully saturated rings. The minimum atomic E-state index is -0.924. The normalized spacial score (nSPS) is 24.9. The average molecular weight is 346 g/mol. The molecule has 0 bridgehead atoms. The van der Waals surface area contributed by atoms with Crippen LogP contribution in [0.5, 0.6) is 0 Å². The van der Waals surface area contributed by atoms with Crippen molar-refractivity contribution in [2.75, 3.05) is 13.6 Å². The van der Waals surface area contributed by atoms with Crippen LogP contribution in [0.4, 0.5) is 9.18 Å². The van der Waals surface area contributed by atoms with E-state index in [1.807, 2.05) is 0 Å². The number of Topliss-reactive ketones (excluding diaryl/α,β-unsaturated/α-hetero) is 1. The van der Waals surface area contributed by atoms with Crippen LogP contribution < -0.4 is 0 Å². The molecule has 0 radical (unpaired) electrons. The second-order valence-electron chi connectivity index (χ2n) is 7.12. The maximum absolute atomic E-state index is 13.8. The van der Waals surface area contributed by atoms with Gasteiger partial charge in [-0.3, -0.25) is 14.5 Å². The second kappa shape index (κ2) is 6.58. The molecule has 3 rings (SSSR count). The van der Waals surface area contributed by atoms with Gasteiger partial charge >= 0.3 is 6.03 Å². The molecule has 1 saturated carbocycles. The summed E-state index contributed by atoms with van der Waals surface area (Å²) in [5.74, 6) is -1.47. The number of hydrogen-bond donors (Lipinski definition) is 0. The number of rotatable bonds is 4. The van der Waals surface area contributed by atoms with E-state index in [-0.39, 0.29) is 17.4 Å². The van der Waals surface area contributed by atoms with Gasteiger partial charge in [0.25, 0.3) is 5.91 Å². The topological polar surface area (TPSA) is 57.7 Å². The summed E-state index contributed by atoms with van der Waals surface area (Å²) in [5, 5.41) is 0. The van der Waals surface area contributed by atoms with Gasteiger partial charge in [-0.2, -0.15) is 0 Å². The Kier molecular flexibility index (Phi) is 4.62. The lowest BCUT2D eigenvalue weighted by atomic mass is 9.75. The molecule has 0 N–H and O–H groups in total. The smallest absolute Gasteiger partial charge is 0.313 e. The number of urea groups is 1. The number of carbonyl (C=O) groups excluding carboxylic acids is 3. The highest BCUT2D eigenvalue weighted by atomic mass is 19.1. The highest BCUT2D eigenvalue weighted by Gasteiger charge is 2.56. The molecule has 1 heterocycles. The third kappa shape index (κ3) is 2.83. The predicted molar refractivity (Wildman–Crippen MR) is 90.6 cm³/mol. The summed E-state index contributed by atoms with van der Waals surface area (Å²) in [5.41, 5.74) is -1.02. The van der Waals surface area contributed by atoms with Crippen LogP contribution in [0.25, 0.3) is 0 Å². The molecule has 5 nitrogen and oxygen atoms in total. The SMILES string of the molecule is CN1C(=O)N(CC(=O)c2ccccc2F)C(=O)C1(C)C1CCCCC1. The fraction of sp³-hybridized carbons (Fsp3) is 0.526. The molecule has 1 aliphatic heterocycles. The van der Waals surface area contributed by atoms with Crippen molar-refractivity contribution in [3.05, 3.63) is 35.6 Å². The van der Waals surface area contributed by atoms with Gasteiger partial charge in [-0.25, -0.2) is 9.18 Å². The number of imide groups is 1. The molecule has 134 valence electrons. The van der Waals surface area contributed by atoms with Crippen molar-refractivity contribution >= 4 is 17.7 Å². The summed E-state index contributed by atoms with van der Waals surface area (Å²) in [6.07, 6.45) is 5.03. The number of nitrogens with zero attached hydrogens (tertiary/aromatic N) is 2. The van der Waals surface area contributed by atoms with Gasteiger partial charge in [0, 0.05) is 7.05 Å². The molecule has 1 aromatic rings. The van der Waals surface area contributed by atoms with Crippen LogP contribution in [0.3, 0.4) is 0 Å². The molecule has 3 amide bonds. The summed E-state index contributed by atoms with van der Waals surface area (Å²) < 4.78 is 13.8. The van der Waals surface area contributed by atoms with Crippen LogP contribution in [0.1, 0.15) is 49.4 Å². The zero-order valence-corrected chi connectivity index (χ0v) is 14.6. The number of benzene rings is 1. The minimum absolute atomic E-state index is 0.0938. The Bertz CT molecular complexity index is 714. The molecule has 0 aromatic heterocycles. The molecule has 1 aliphatic carbocycles. The minimum Gasteiger partial charge on any atom is -0.313 e. The van der Waals surface area contributed by atoms with Crippen LogP contribution in [-0.2, 0) is 4.79 Å². The van der Waals surface area contributed by atoms with Crippen molar-refractivity contribution in [1.29, 1.82) is 0 Å². The maximum Gasteiger partial charge on any atom is 0.327 e. The lowest BCUT2D eigenvalue weighted by Crippen LogP contribution is -2.52. The number of halogens is 1. The molecule has 1 atom stereocenters. The molecular weight excluding hydrogens is 323 g/mol. The third-order valence-electron chi connectivity index (χ3n) is 5.77. The van der Waals surface area contributed by atoms with Gasteiger partial charge in [-0.1, -0.05) is 31.4 Å². The van der Waals surface area contributed by atoms with Gasteiger partial charge < -0.3 is 4.90 Å². The van der Waals surface area contributed by atoms with E-state index in [1.165, 1.54) is 23.1 Å². The fourth-order valence-electron chi connectivity index (χ4n) is 4.05. The van der Waals surface area contributed by atoms with E-state index in [0.29, 0.717) is 0 Å². The Morgan fingerprint density at radius 1 is 1.20 bits per heavy atom. The van der Waals surface area contributed by atoms with Crippen molar-refractivity contribution in [2.24, 2.45) is 5.92 Å². The van der Waals surface area contributed by atoms with Gasteiger partial charge in [0.05, 0.1) is 12.1 Å². The van der Waals surface area contributed by atoms with Crippen molar-refractivity contribution in [3.63, 3.8) is 0 Å². The molecule has 1 unspecified atom stereocenters. The first-order chi connectivity index (χ1) is 11.9. The Labute approximate surface area is 146 Å². The number of hydrogen-bond acceptors (Lipinski definition) is 3. The fourth-order valence-corrected chi connectivity index (χ4v) is 4.05. The van der Waals surface area contributed by atoms with E-state index in [2.05, 4.69) is 0 Å². The monoisotopic (exact) mass is 346 g/mol. The molecule has 6 heteroatoms. The van der Waals surface area contributed by atoms with Gasteiger partial charge in [0.1, 0.15) is 11.4 Å². The van der Waals surface area contributed by atoms with Gasteiger partial charge in [0.15, 0.2) is 5.78 Å². The first kappa shape index (κ1) is 17.6.